The molecule has 0 N–H and O–H groups in total. The van der Waals surface area contributed by atoms with Crippen LogP contribution < -0.4 is 0 Å². The minimum Gasteiger partial charge on any atom is -0.0955 e. The second-order valence-electron chi connectivity index (χ2n) is 5.01. The predicted molar refractivity (Wildman–Crippen MR) is 64.6 cm³/mol. The maximum Gasteiger partial charge on any atom is -0.0129 e. The molecule has 0 spiro atoms. The molecule has 0 nitrogen and oxygen atoms in total. The first kappa shape index (κ1) is 11.0. The number of benzene rings is 1. The van der Waals surface area contributed by atoms with Gasteiger partial charge >= 0.3 is 0 Å². The van der Waals surface area contributed by atoms with E-state index in [1.807, 2.05) is 0 Å². The molecule has 76 valence electrons. The van der Waals surface area contributed by atoms with Crippen molar-refractivity contribution in [2.45, 2.75) is 40.0 Å². The summed E-state index contributed by atoms with van der Waals surface area (Å²) in [5.41, 5.74) is 5.44. The Labute approximate surface area is 87.7 Å². The summed E-state index contributed by atoms with van der Waals surface area (Å²) in [5, 5.41) is 0. The van der Waals surface area contributed by atoms with Crippen LogP contribution in [0.25, 0.3) is 5.57 Å². The second-order valence-corrected chi connectivity index (χ2v) is 5.01. The monoisotopic (exact) mass is 188 g/mol. The Hall–Kier alpha value is -1.04. The first-order valence-electron chi connectivity index (χ1n) is 5.10. The van der Waals surface area contributed by atoms with Gasteiger partial charge in [0.2, 0.25) is 0 Å². The summed E-state index contributed by atoms with van der Waals surface area (Å²) >= 11 is 0. The molecule has 0 saturated carbocycles. The summed E-state index contributed by atoms with van der Waals surface area (Å²) in [7, 11) is 0. The summed E-state index contributed by atoms with van der Waals surface area (Å²) in [4.78, 5) is 0. The molecule has 0 saturated heterocycles. The molecule has 0 heteroatoms. The molecule has 0 amide bonds. The minimum absolute atomic E-state index is 0.218. The second kappa shape index (κ2) is 3.61. The molecule has 14 heavy (non-hydrogen) atoms. The molecule has 0 radical (unpaired) electrons. The number of hydrogen-bond acceptors (Lipinski definition) is 0. The van der Waals surface area contributed by atoms with Crippen LogP contribution in [0, 0.1) is 6.92 Å². The van der Waals surface area contributed by atoms with E-state index in [-0.39, 0.29) is 5.41 Å². The van der Waals surface area contributed by atoms with Crippen molar-refractivity contribution in [3.05, 3.63) is 41.5 Å². The lowest BCUT2D eigenvalue weighted by Gasteiger charge is -2.23. The molecule has 0 unspecified atom stereocenters. The molecule has 1 aromatic carbocycles. The molecule has 0 bridgehead atoms. The van der Waals surface area contributed by atoms with Crippen LogP contribution in [0.1, 0.15) is 44.4 Å². The molecule has 0 aliphatic heterocycles. The minimum atomic E-state index is 0.218. The Morgan fingerprint density at radius 3 is 2.21 bits per heavy atom. The van der Waals surface area contributed by atoms with Gasteiger partial charge in [-0.3, -0.25) is 0 Å². The smallest absolute Gasteiger partial charge is 0.0129 e. The zero-order valence-electron chi connectivity index (χ0n) is 9.94. The largest absolute Gasteiger partial charge is 0.0955 e. The molecule has 0 aliphatic carbocycles. The molecular weight excluding hydrogens is 168 g/mol. The van der Waals surface area contributed by atoms with E-state index < -0.39 is 0 Å². The van der Waals surface area contributed by atoms with Gasteiger partial charge in [0, 0.05) is 0 Å². The van der Waals surface area contributed by atoms with Crippen LogP contribution in [0.2, 0.25) is 0 Å². The van der Waals surface area contributed by atoms with Gasteiger partial charge in [-0.25, -0.2) is 0 Å². The quantitative estimate of drug-likeness (QED) is 0.615. The third-order valence-corrected chi connectivity index (χ3v) is 2.60. The third kappa shape index (κ3) is 2.06. The van der Waals surface area contributed by atoms with Gasteiger partial charge in [-0.1, -0.05) is 51.1 Å². The highest BCUT2D eigenvalue weighted by atomic mass is 14.2. The maximum atomic E-state index is 4.01. The summed E-state index contributed by atoms with van der Waals surface area (Å²) in [5.74, 6) is 0. The summed E-state index contributed by atoms with van der Waals surface area (Å²) in [6.07, 6.45) is 0. The first-order valence-corrected chi connectivity index (χ1v) is 5.10. The van der Waals surface area contributed by atoms with Gasteiger partial charge in [0.1, 0.15) is 0 Å². The zero-order valence-corrected chi connectivity index (χ0v) is 9.94. The van der Waals surface area contributed by atoms with E-state index in [1.165, 1.54) is 16.7 Å². The molecule has 0 heterocycles. The van der Waals surface area contributed by atoms with Crippen LogP contribution >= 0.6 is 0 Å². The molecule has 1 rings (SSSR count). The third-order valence-electron chi connectivity index (χ3n) is 2.60. The molecule has 0 aliphatic rings. The van der Waals surface area contributed by atoms with E-state index in [4.69, 9.17) is 0 Å². The van der Waals surface area contributed by atoms with Crippen LogP contribution in [0.3, 0.4) is 0 Å². The maximum absolute atomic E-state index is 4.01. The zero-order chi connectivity index (χ0) is 10.9. The fraction of sp³-hybridized carbons (Fsp3) is 0.429. The van der Waals surface area contributed by atoms with E-state index in [0.717, 1.165) is 5.57 Å². The van der Waals surface area contributed by atoms with Gasteiger partial charge in [-0.05, 0) is 36.0 Å². The van der Waals surface area contributed by atoms with Gasteiger partial charge < -0.3 is 0 Å². The van der Waals surface area contributed by atoms with Gasteiger partial charge in [0.25, 0.3) is 0 Å². The Bertz CT molecular complexity index is 351. The lowest BCUT2D eigenvalue weighted by molar-refractivity contribution is 0.586. The van der Waals surface area contributed by atoms with Crippen molar-refractivity contribution < 1.29 is 0 Å². The van der Waals surface area contributed by atoms with Gasteiger partial charge in [0.15, 0.2) is 0 Å². The number of allylic oxidation sites excluding steroid dienone is 1. The van der Waals surface area contributed by atoms with E-state index in [1.54, 1.807) is 0 Å². The average Bonchev–Trinajstić information content (AvgIpc) is 2.01. The van der Waals surface area contributed by atoms with Gasteiger partial charge in [-0.15, -0.1) is 0 Å². The van der Waals surface area contributed by atoms with E-state index in [0.29, 0.717) is 0 Å². The molecule has 0 aromatic heterocycles. The molecule has 0 atom stereocenters. The summed E-state index contributed by atoms with van der Waals surface area (Å²) in [6, 6.07) is 6.48. The lowest BCUT2D eigenvalue weighted by Crippen LogP contribution is -2.13. The van der Waals surface area contributed by atoms with Crippen LogP contribution in [0.15, 0.2) is 24.8 Å². The highest BCUT2D eigenvalue weighted by molar-refractivity contribution is 5.66. The molecular formula is C14H20. The molecule has 1 aromatic rings. The average molecular weight is 188 g/mol. The summed E-state index contributed by atoms with van der Waals surface area (Å²) < 4.78 is 0. The SMILES string of the molecule is C=C(C)c1cccc(C(C)(C)C)c1C. The summed E-state index contributed by atoms with van der Waals surface area (Å²) in [6.45, 7) is 15.0. The van der Waals surface area contributed by atoms with E-state index in [2.05, 4.69) is 59.4 Å². The Balaban J connectivity index is 3.35. The fourth-order valence-electron chi connectivity index (χ4n) is 1.91. The van der Waals surface area contributed by atoms with E-state index >= 15 is 0 Å². The lowest BCUT2D eigenvalue weighted by atomic mass is 9.82. The fourth-order valence-corrected chi connectivity index (χ4v) is 1.91. The normalized spacial score (nSPS) is 11.5. The number of hydrogen-bond donors (Lipinski definition) is 0. The van der Waals surface area contributed by atoms with Crippen LogP contribution in [-0.2, 0) is 5.41 Å². The topological polar surface area (TPSA) is 0 Å². The van der Waals surface area contributed by atoms with Crippen molar-refractivity contribution in [2.75, 3.05) is 0 Å². The molecule has 0 fully saturated rings. The highest BCUT2D eigenvalue weighted by Gasteiger charge is 2.17. The first-order chi connectivity index (χ1) is 6.34. The van der Waals surface area contributed by atoms with Crippen LogP contribution in [0.5, 0.6) is 0 Å². The standard InChI is InChI=1S/C14H20/c1-10(2)12-8-7-9-13(11(12)3)14(4,5)6/h7-9H,1H2,2-6H3. The van der Waals surface area contributed by atoms with E-state index in [9.17, 15) is 0 Å². The van der Waals surface area contributed by atoms with Gasteiger partial charge in [-0.2, -0.15) is 0 Å². The predicted octanol–water partition coefficient (Wildman–Crippen LogP) is 4.33. The van der Waals surface area contributed by atoms with Crippen LogP contribution in [0.4, 0.5) is 0 Å². The highest BCUT2D eigenvalue weighted by Crippen LogP contribution is 2.29. The Morgan fingerprint density at radius 1 is 1.21 bits per heavy atom. The number of rotatable bonds is 1. The van der Waals surface area contributed by atoms with Crippen molar-refractivity contribution in [1.82, 2.24) is 0 Å². The van der Waals surface area contributed by atoms with Crippen molar-refractivity contribution in [3.63, 3.8) is 0 Å². The van der Waals surface area contributed by atoms with Crippen molar-refractivity contribution >= 4 is 5.57 Å². The van der Waals surface area contributed by atoms with Crippen molar-refractivity contribution in [3.8, 4) is 0 Å². The van der Waals surface area contributed by atoms with Crippen molar-refractivity contribution in [1.29, 1.82) is 0 Å². The van der Waals surface area contributed by atoms with Crippen molar-refractivity contribution in [2.24, 2.45) is 0 Å². The van der Waals surface area contributed by atoms with Gasteiger partial charge in [0.05, 0.1) is 0 Å². The van der Waals surface area contributed by atoms with Crippen LogP contribution in [-0.4, -0.2) is 0 Å². The Morgan fingerprint density at radius 2 is 1.79 bits per heavy atom. The Kier molecular flexibility index (Phi) is 2.84.